The van der Waals surface area contributed by atoms with Gasteiger partial charge in [0.15, 0.2) is 0 Å². The van der Waals surface area contributed by atoms with E-state index >= 15 is 0 Å². The molecule has 0 saturated heterocycles. The molecule has 1 unspecified atom stereocenters. The van der Waals surface area contributed by atoms with Gasteiger partial charge in [-0.2, -0.15) is 0 Å². The van der Waals surface area contributed by atoms with Crippen LogP contribution in [0.2, 0.25) is 0 Å². The Morgan fingerprint density at radius 1 is 1.35 bits per heavy atom. The summed E-state index contributed by atoms with van der Waals surface area (Å²) in [5.41, 5.74) is 2.34. The van der Waals surface area contributed by atoms with Gasteiger partial charge >= 0.3 is 0 Å². The lowest BCUT2D eigenvalue weighted by Crippen LogP contribution is -2.29. The third kappa shape index (κ3) is 2.74. The van der Waals surface area contributed by atoms with Crippen molar-refractivity contribution in [2.24, 2.45) is 5.92 Å². The molecule has 4 nitrogen and oxygen atoms in total. The average Bonchev–Trinajstić information content (AvgIpc) is 2.85. The second-order valence-corrected chi connectivity index (χ2v) is 5.46. The minimum atomic E-state index is -0.0662. The Hall–Kier alpha value is -2.10. The zero-order valence-electron chi connectivity index (χ0n) is 11.3. The molecule has 4 heteroatoms. The van der Waals surface area contributed by atoms with Crippen LogP contribution in [0.5, 0.6) is 0 Å². The minimum absolute atomic E-state index is 0.00782. The van der Waals surface area contributed by atoms with Crippen LogP contribution in [0.25, 0.3) is 0 Å². The summed E-state index contributed by atoms with van der Waals surface area (Å²) in [5, 5.41) is 5.76. The van der Waals surface area contributed by atoms with Crippen molar-refractivity contribution in [1.82, 2.24) is 5.32 Å². The number of hydrogen-bond acceptors (Lipinski definition) is 2. The largest absolute Gasteiger partial charge is 0.352 e. The molecule has 1 heterocycles. The van der Waals surface area contributed by atoms with E-state index in [1.165, 1.54) is 0 Å². The molecule has 1 aliphatic carbocycles. The Kier molecular flexibility index (Phi) is 3.54. The molecule has 2 aliphatic rings. The molecule has 0 aromatic heterocycles. The molecule has 2 N–H and O–H groups in total. The van der Waals surface area contributed by atoms with Gasteiger partial charge < -0.3 is 10.6 Å². The standard InChI is InChI=1S/C16H18N2O2/c19-15-9-12-6-7-13(8-14(12)18-15)16(20)17-10-11-4-2-1-3-5-11/h1-2,6-8,11H,3-5,9-10H2,(H,17,20)(H,18,19). The molecule has 104 valence electrons. The summed E-state index contributed by atoms with van der Waals surface area (Å²) < 4.78 is 0. The van der Waals surface area contributed by atoms with E-state index in [2.05, 4.69) is 22.8 Å². The van der Waals surface area contributed by atoms with E-state index < -0.39 is 0 Å². The smallest absolute Gasteiger partial charge is 0.251 e. The number of carbonyl (C=O) groups is 2. The van der Waals surface area contributed by atoms with Crippen LogP contribution in [0.15, 0.2) is 30.4 Å². The number of hydrogen-bond donors (Lipinski definition) is 2. The van der Waals surface area contributed by atoms with Crippen molar-refractivity contribution in [2.75, 3.05) is 11.9 Å². The summed E-state index contributed by atoms with van der Waals surface area (Å²) in [6.45, 7) is 0.715. The highest BCUT2D eigenvalue weighted by molar-refractivity contribution is 6.02. The van der Waals surface area contributed by atoms with Crippen molar-refractivity contribution < 1.29 is 9.59 Å². The SMILES string of the molecule is O=C1Cc2ccc(C(=O)NCC3CC=CCC3)cc2N1. The second kappa shape index (κ2) is 5.49. The highest BCUT2D eigenvalue weighted by Crippen LogP contribution is 2.24. The molecule has 1 aromatic carbocycles. The summed E-state index contributed by atoms with van der Waals surface area (Å²) in [6.07, 6.45) is 8.07. The first-order valence-electron chi connectivity index (χ1n) is 7.08. The van der Waals surface area contributed by atoms with Crippen molar-refractivity contribution in [3.63, 3.8) is 0 Å². The topological polar surface area (TPSA) is 58.2 Å². The van der Waals surface area contributed by atoms with E-state index in [0.717, 1.165) is 30.5 Å². The van der Waals surface area contributed by atoms with E-state index in [1.807, 2.05) is 6.07 Å². The monoisotopic (exact) mass is 270 g/mol. The molecule has 0 saturated carbocycles. The molecule has 20 heavy (non-hydrogen) atoms. The highest BCUT2D eigenvalue weighted by atomic mass is 16.2. The van der Waals surface area contributed by atoms with Gasteiger partial charge in [0.1, 0.15) is 0 Å². The summed E-state index contributed by atoms with van der Waals surface area (Å²) in [6, 6.07) is 5.40. The predicted octanol–water partition coefficient (Wildman–Crippen LogP) is 2.27. The first-order valence-corrected chi connectivity index (χ1v) is 7.08. The molecule has 1 atom stereocenters. The predicted molar refractivity (Wildman–Crippen MR) is 77.6 cm³/mol. The van der Waals surface area contributed by atoms with Crippen molar-refractivity contribution >= 4 is 17.5 Å². The van der Waals surface area contributed by atoms with Gasteiger partial charge in [-0.25, -0.2) is 0 Å². The number of anilines is 1. The fraction of sp³-hybridized carbons (Fsp3) is 0.375. The van der Waals surface area contributed by atoms with Crippen LogP contribution in [-0.4, -0.2) is 18.4 Å². The maximum Gasteiger partial charge on any atom is 0.251 e. The second-order valence-electron chi connectivity index (χ2n) is 5.46. The van der Waals surface area contributed by atoms with E-state index in [-0.39, 0.29) is 11.8 Å². The van der Waals surface area contributed by atoms with Gasteiger partial charge in [-0.1, -0.05) is 18.2 Å². The zero-order chi connectivity index (χ0) is 13.9. The quantitative estimate of drug-likeness (QED) is 0.828. The number of benzene rings is 1. The summed E-state index contributed by atoms with van der Waals surface area (Å²) in [4.78, 5) is 23.4. The summed E-state index contributed by atoms with van der Waals surface area (Å²) in [7, 11) is 0. The van der Waals surface area contributed by atoms with Gasteiger partial charge in [-0.15, -0.1) is 0 Å². The maximum absolute atomic E-state index is 12.1. The summed E-state index contributed by atoms with van der Waals surface area (Å²) in [5.74, 6) is 0.466. The van der Waals surface area contributed by atoms with Crippen LogP contribution in [0, 0.1) is 5.92 Å². The molecular formula is C16H18N2O2. The number of carbonyl (C=O) groups excluding carboxylic acids is 2. The normalized spacial score (nSPS) is 20.4. The van der Waals surface area contributed by atoms with Crippen LogP contribution in [0.4, 0.5) is 5.69 Å². The fourth-order valence-electron chi connectivity index (χ4n) is 2.74. The first-order chi connectivity index (χ1) is 9.72. The molecule has 1 aromatic rings. The van der Waals surface area contributed by atoms with Crippen molar-refractivity contribution in [3.05, 3.63) is 41.5 Å². The number of rotatable bonds is 3. The molecule has 0 radical (unpaired) electrons. The van der Waals surface area contributed by atoms with Crippen LogP contribution in [0.1, 0.15) is 35.2 Å². The van der Waals surface area contributed by atoms with Gasteiger partial charge in [0.05, 0.1) is 6.42 Å². The maximum atomic E-state index is 12.1. The van der Waals surface area contributed by atoms with Crippen LogP contribution >= 0.6 is 0 Å². The number of allylic oxidation sites excluding steroid dienone is 2. The van der Waals surface area contributed by atoms with E-state index in [4.69, 9.17) is 0 Å². The molecule has 3 rings (SSSR count). The lowest BCUT2D eigenvalue weighted by atomic mass is 9.94. The van der Waals surface area contributed by atoms with Gasteiger partial charge in [-0.3, -0.25) is 9.59 Å². The zero-order valence-corrected chi connectivity index (χ0v) is 11.3. The number of fused-ring (bicyclic) bond motifs is 1. The Morgan fingerprint density at radius 3 is 3.05 bits per heavy atom. The van der Waals surface area contributed by atoms with Crippen molar-refractivity contribution in [1.29, 1.82) is 0 Å². The molecule has 0 bridgehead atoms. The number of amides is 2. The molecule has 2 amide bonds. The van der Waals surface area contributed by atoms with Crippen molar-refractivity contribution in [2.45, 2.75) is 25.7 Å². The lowest BCUT2D eigenvalue weighted by molar-refractivity contribution is -0.115. The Balaban J connectivity index is 1.61. The van der Waals surface area contributed by atoms with Gasteiger partial charge in [0, 0.05) is 17.8 Å². The Bertz CT molecular complexity index is 578. The van der Waals surface area contributed by atoms with Crippen LogP contribution in [0.3, 0.4) is 0 Å². The fourth-order valence-corrected chi connectivity index (χ4v) is 2.74. The average molecular weight is 270 g/mol. The molecular weight excluding hydrogens is 252 g/mol. The van der Waals surface area contributed by atoms with E-state index in [0.29, 0.717) is 24.4 Å². The molecule has 0 spiro atoms. The first kappa shape index (κ1) is 12.9. The molecule has 0 fully saturated rings. The van der Waals surface area contributed by atoms with Gasteiger partial charge in [0.2, 0.25) is 5.91 Å². The number of nitrogens with one attached hydrogen (secondary N) is 2. The van der Waals surface area contributed by atoms with E-state index in [9.17, 15) is 9.59 Å². The van der Waals surface area contributed by atoms with Crippen molar-refractivity contribution in [3.8, 4) is 0 Å². The third-order valence-electron chi connectivity index (χ3n) is 3.93. The Labute approximate surface area is 118 Å². The Morgan fingerprint density at radius 2 is 2.25 bits per heavy atom. The third-order valence-corrected chi connectivity index (χ3v) is 3.93. The van der Waals surface area contributed by atoms with Gasteiger partial charge in [0.25, 0.3) is 5.91 Å². The lowest BCUT2D eigenvalue weighted by Gasteiger charge is -2.18. The summed E-state index contributed by atoms with van der Waals surface area (Å²) >= 11 is 0. The molecule has 1 aliphatic heterocycles. The van der Waals surface area contributed by atoms with Crippen LogP contribution < -0.4 is 10.6 Å². The highest BCUT2D eigenvalue weighted by Gasteiger charge is 2.19. The van der Waals surface area contributed by atoms with E-state index in [1.54, 1.807) is 12.1 Å². The minimum Gasteiger partial charge on any atom is -0.352 e. The van der Waals surface area contributed by atoms with Crippen LogP contribution in [-0.2, 0) is 11.2 Å². The van der Waals surface area contributed by atoms with Gasteiger partial charge in [-0.05, 0) is 42.9 Å².